The molecule has 0 aliphatic carbocycles. The van der Waals surface area contributed by atoms with Crippen LogP contribution in [0.3, 0.4) is 0 Å². The Morgan fingerprint density at radius 3 is 2.55 bits per heavy atom. The van der Waals surface area contributed by atoms with Gasteiger partial charge in [0.2, 0.25) is 6.29 Å². The molecule has 1 N–H and O–H groups in total. The average Bonchev–Trinajstić information content (AvgIpc) is 2.06. The Morgan fingerprint density at radius 1 is 1.36 bits per heavy atom. The minimum Gasteiger partial charge on any atom is -0.384 e. The van der Waals surface area contributed by atoms with Gasteiger partial charge >= 0.3 is 0 Å². The van der Waals surface area contributed by atoms with Crippen LogP contribution in [0.15, 0.2) is 30.3 Å². The molecule has 0 aliphatic rings. The van der Waals surface area contributed by atoms with Crippen molar-refractivity contribution in [2.75, 3.05) is 0 Å². The molecular formula is C9H9O2. The van der Waals surface area contributed by atoms with Crippen molar-refractivity contribution < 1.29 is 9.90 Å². The molecule has 1 aromatic carbocycles. The lowest BCUT2D eigenvalue weighted by Crippen LogP contribution is -2.10. The summed E-state index contributed by atoms with van der Waals surface area (Å²) in [6, 6.07) is 9.35. The van der Waals surface area contributed by atoms with Gasteiger partial charge in [0.25, 0.3) is 0 Å². The molecule has 0 fully saturated rings. The lowest BCUT2D eigenvalue weighted by atomic mass is 10.1. The predicted octanol–water partition coefficient (Wildman–Crippen LogP) is 0.700. The Kier molecular flexibility index (Phi) is 2.81. The highest BCUT2D eigenvalue weighted by atomic mass is 16.3. The van der Waals surface area contributed by atoms with E-state index in [0.717, 1.165) is 5.56 Å². The molecular weight excluding hydrogens is 140 g/mol. The van der Waals surface area contributed by atoms with E-state index in [9.17, 15) is 4.79 Å². The van der Waals surface area contributed by atoms with E-state index in [1.54, 1.807) is 0 Å². The standard InChI is InChI=1S/C9H9O2/c10-7-9(11)6-8-4-2-1-3-5-8/h1-5,9,11H,6H2/t9-/m0/s1. The van der Waals surface area contributed by atoms with Crippen LogP contribution in [0, 0.1) is 0 Å². The summed E-state index contributed by atoms with van der Waals surface area (Å²) < 4.78 is 0. The zero-order valence-corrected chi connectivity index (χ0v) is 6.03. The SMILES string of the molecule is O=[C][C@@H](O)Cc1ccccc1. The van der Waals surface area contributed by atoms with E-state index in [2.05, 4.69) is 0 Å². The summed E-state index contributed by atoms with van der Waals surface area (Å²) in [6.07, 6.45) is 0.882. The number of hydrogen-bond acceptors (Lipinski definition) is 2. The summed E-state index contributed by atoms with van der Waals surface area (Å²) in [5.74, 6) is 0. The molecule has 0 bridgehead atoms. The van der Waals surface area contributed by atoms with Gasteiger partial charge in [-0.3, -0.25) is 4.79 Å². The molecule has 0 saturated heterocycles. The van der Waals surface area contributed by atoms with Crippen molar-refractivity contribution in [3.05, 3.63) is 35.9 Å². The second-order valence-corrected chi connectivity index (χ2v) is 2.32. The third-order valence-electron chi connectivity index (χ3n) is 1.41. The lowest BCUT2D eigenvalue weighted by Gasteiger charge is -2.00. The molecule has 2 heteroatoms. The van der Waals surface area contributed by atoms with Crippen molar-refractivity contribution in [3.63, 3.8) is 0 Å². The van der Waals surface area contributed by atoms with Crippen molar-refractivity contribution in [3.8, 4) is 0 Å². The average molecular weight is 149 g/mol. The summed E-state index contributed by atoms with van der Waals surface area (Å²) in [5, 5.41) is 8.89. The zero-order valence-electron chi connectivity index (χ0n) is 6.03. The highest BCUT2D eigenvalue weighted by molar-refractivity contribution is 5.57. The molecule has 1 atom stereocenters. The third kappa shape index (κ3) is 2.51. The van der Waals surface area contributed by atoms with Crippen molar-refractivity contribution >= 4 is 6.29 Å². The Hall–Kier alpha value is -1.15. The van der Waals surface area contributed by atoms with Gasteiger partial charge in [-0.25, -0.2) is 0 Å². The number of benzene rings is 1. The van der Waals surface area contributed by atoms with E-state index in [1.807, 2.05) is 30.3 Å². The van der Waals surface area contributed by atoms with Crippen LogP contribution in [0.5, 0.6) is 0 Å². The molecule has 11 heavy (non-hydrogen) atoms. The number of hydrogen-bond donors (Lipinski definition) is 1. The molecule has 57 valence electrons. The van der Waals surface area contributed by atoms with Crippen molar-refractivity contribution in [1.29, 1.82) is 0 Å². The normalized spacial score (nSPS) is 12.5. The molecule has 0 saturated carbocycles. The van der Waals surface area contributed by atoms with E-state index in [0.29, 0.717) is 6.42 Å². The van der Waals surface area contributed by atoms with Gasteiger partial charge in [0, 0.05) is 6.42 Å². The predicted molar refractivity (Wildman–Crippen MR) is 41.8 cm³/mol. The molecule has 1 radical (unpaired) electrons. The molecule has 0 heterocycles. The van der Waals surface area contributed by atoms with Crippen LogP contribution in [0.4, 0.5) is 0 Å². The second-order valence-electron chi connectivity index (χ2n) is 2.32. The summed E-state index contributed by atoms with van der Waals surface area (Å²) in [5.41, 5.74) is 0.948. The number of aliphatic hydroxyl groups excluding tert-OH is 1. The van der Waals surface area contributed by atoms with Gasteiger partial charge in [-0.1, -0.05) is 30.3 Å². The first kappa shape index (κ1) is 7.95. The Morgan fingerprint density at radius 2 is 2.00 bits per heavy atom. The maximum absolute atomic E-state index is 9.93. The van der Waals surface area contributed by atoms with Crippen molar-refractivity contribution in [1.82, 2.24) is 0 Å². The topological polar surface area (TPSA) is 37.3 Å². The molecule has 0 unspecified atom stereocenters. The van der Waals surface area contributed by atoms with Crippen LogP contribution in [0.1, 0.15) is 5.56 Å². The molecule has 0 amide bonds. The van der Waals surface area contributed by atoms with E-state index in [-0.39, 0.29) is 0 Å². The molecule has 2 nitrogen and oxygen atoms in total. The third-order valence-corrected chi connectivity index (χ3v) is 1.41. The minimum atomic E-state index is -0.989. The minimum absolute atomic E-state index is 0.352. The fraction of sp³-hybridized carbons (Fsp3) is 0.222. The van der Waals surface area contributed by atoms with Gasteiger partial charge < -0.3 is 5.11 Å². The van der Waals surface area contributed by atoms with Gasteiger partial charge in [0.05, 0.1) is 0 Å². The monoisotopic (exact) mass is 149 g/mol. The lowest BCUT2D eigenvalue weighted by molar-refractivity contribution is 0.235. The van der Waals surface area contributed by atoms with Gasteiger partial charge in [0.15, 0.2) is 0 Å². The van der Waals surface area contributed by atoms with Gasteiger partial charge in [-0.15, -0.1) is 0 Å². The quantitative estimate of drug-likeness (QED) is 0.686. The molecule has 1 aromatic rings. The van der Waals surface area contributed by atoms with Crippen LogP contribution < -0.4 is 0 Å². The molecule has 0 aliphatic heterocycles. The van der Waals surface area contributed by atoms with Crippen molar-refractivity contribution in [2.45, 2.75) is 12.5 Å². The summed E-state index contributed by atoms with van der Waals surface area (Å²) in [7, 11) is 0. The largest absolute Gasteiger partial charge is 0.384 e. The number of aliphatic hydroxyl groups is 1. The summed E-state index contributed by atoms with van der Waals surface area (Å²) in [6.45, 7) is 0. The van der Waals surface area contributed by atoms with Crippen LogP contribution in [-0.4, -0.2) is 17.5 Å². The summed E-state index contributed by atoms with van der Waals surface area (Å²) >= 11 is 0. The smallest absolute Gasteiger partial charge is 0.229 e. The molecule has 1 rings (SSSR count). The van der Waals surface area contributed by atoms with Crippen LogP contribution in [0.25, 0.3) is 0 Å². The van der Waals surface area contributed by atoms with E-state index in [4.69, 9.17) is 5.11 Å². The first-order chi connectivity index (χ1) is 5.33. The van der Waals surface area contributed by atoms with Crippen molar-refractivity contribution in [2.24, 2.45) is 0 Å². The first-order valence-electron chi connectivity index (χ1n) is 3.42. The Balaban J connectivity index is 2.57. The maximum atomic E-state index is 9.93. The highest BCUT2D eigenvalue weighted by Crippen LogP contribution is 2.00. The summed E-state index contributed by atoms with van der Waals surface area (Å²) in [4.78, 5) is 9.93. The van der Waals surface area contributed by atoms with Gasteiger partial charge in [-0.05, 0) is 5.56 Å². The van der Waals surface area contributed by atoms with Crippen LogP contribution in [0.2, 0.25) is 0 Å². The maximum Gasteiger partial charge on any atom is 0.229 e. The van der Waals surface area contributed by atoms with Gasteiger partial charge in [-0.2, -0.15) is 0 Å². The Bertz CT molecular complexity index is 218. The van der Waals surface area contributed by atoms with E-state index < -0.39 is 6.10 Å². The zero-order chi connectivity index (χ0) is 8.10. The fourth-order valence-corrected chi connectivity index (χ4v) is 0.879. The van der Waals surface area contributed by atoms with E-state index >= 15 is 0 Å². The van der Waals surface area contributed by atoms with Crippen LogP contribution >= 0.6 is 0 Å². The molecule has 0 spiro atoms. The first-order valence-corrected chi connectivity index (χ1v) is 3.42. The number of carbonyl (C=O) groups excluding carboxylic acids is 1. The van der Waals surface area contributed by atoms with Gasteiger partial charge in [0.1, 0.15) is 6.10 Å². The number of rotatable bonds is 3. The van der Waals surface area contributed by atoms with E-state index in [1.165, 1.54) is 6.29 Å². The van der Waals surface area contributed by atoms with Crippen LogP contribution in [-0.2, 0) is 11.2 Å². The fourth-order valence-electron chi connectivity index (χ4n) is 0.879. The molecule has 0 aromatic heterocycles. The highest BCUT2D eigenvalue weighted by Gasteiger charge is 2.02. The Labute approximate surface area is 65.5 Å². The second kappa shape index (κ2) is 3.88.